The first kappa shape index (κ1) is 6.16. The summed E-state index contributed by atoms with van der Waals surface area (Å²) in [7, 11) is 0. The second kappa shape index (κ2) is 2.23. The molecule has 0 bridgehead atoms. The Bertz CT molecular complexity index is 158. The van der Waals surface area contributed by atoms with Gasteiger partial charge in [0.2, 0.25) is 5.91 Å². The summed E-state index contributed by atoms with van der Waals surface area (Å²) in [4.78, 5) is 11.1. The van der Waals surface area contributed by atoms with E-state index in [1.807, 2.05) is 0 Å². The summed E-state index contributed by atoms with van der Waals surface area (Å²) in [6.07, 6.45) is 2.25. The molecule has 1 N–H and O–H groups in total. The fourth-order valence-corrected chi connectivity index (χ4v) is 1.77. The number of hydrogen-bond acceptors (Lipinski definition) is 1. The van der Waals surface area contributed by atoms with Gasteiger partial charge >= 0.3 is 0 Å². The van der Waals surface area contributed by atoms with E-state index in [0.29, 0.717) is 5.92 Å². The molecule has 2 atom stereocenters. The van der Waals surface area contributed by atoms with E-state index in [2.05, 4.69) is 10.6 Å². The van der Waals surface area contributed by atoms with Crippen molar-refractivity contribution in [1.82, 2.24) is 10.6 Å². The molecule has 1 amide bonds. The van der Waals surface area contributed by atoms with Crippen LogP contribution in [0.4, 0.5) is 0 Å². The Kier molecular flexibility index (Phi) is 1.38. The molecule has 2 aliphatic rings. The first-order chi connectivity index (χ1) is 4.88. The fourth-order valence-electron chi connectivity index (χ4n) is 1.77. The molecule has 10 heavy (non-hydrogen) atoms. The van der Waals surface area contributed by atoms with Crippen molar-refractivity contribution >= 4 is 5.91 Å². The number of amides is 1. The molecule has 55 valence electrons. The summed E-state index contributed by atoms with van der Waals surface area (Å²) in [5.41, 5.74) is 0. The molecular formula is C7H11N2O. The lowest BCUT2D eigenvalue weighted by Gasteiger charge is -2.23. The Morgan fingerprint density at radius 1 is 1.50 bits per heavy atom. The Hall–Kier alpha value is -0.570. The summed E-state index contributed by atoms with van der Waals surface area (Å²) in [6.45, 7) is 1.75. The van der Waals surface area contributed by atoms with Crippen molar-refractivity contribution in [3.63, 3.8) is 0 Å². The number of hydrogen-bond donors (Lipinski definition) is 1. The highest BCUT2D eigenvalue weighted by Gasteiger charge is 2.36. The number of fused-ring (bicyclic) bond motifs is 1. The molecule has 1 radical (unpaired) electrons. The zero-order chi connectivity index (χ0) is 6.97. The Morgan fingerprint density at radius 3 is 3.20 bits per heavy atom. The summed E-state index contributed by atoms with van der Waals surface area (Å²) < 4.78 is 0. The van der Waals surface area contributed by atoms with E-state index in [4.69, 9.17) is 0 Å². The second-order valence-corrected chi connectivity index (χ2v) is 2.98. The largest absolute Gasteiger partial charge is 0.355 e. The summed E-state index contributed by atoms with van der Waals surface area (Å²) in [5.74, 6) is 0.711. The van der Waals surface area contributed by atoms with Crippen molar-refractivity contribution in [2.45, 2.75) is 18.9 Å². The average Bonchev–Trinajstić information content (AvgIpc) is 2.36. The number of rotatable bonds is 0. The van der Waals surface area contributed by atoms with Gasteiger partial charge in [0.1, 0.15) is 6.04 Å². The van der Waals surface area contributed by atoms with Crippen molar-refractivity contribution in [2.24, 2.45) is 5.92 Å². The molecule has 0 aromatic heterocycles. The van der Waals surface area contributed by atoms with Gasteiger partial charge in [-0.05, 0) is 18.8 Å². The van der Waals surface area contributed by atoms with Crippen molar-refractivity contribution in [2.75, 3.05) is 13.1 Å². The van der Waals surface area contributed by atoms with Gasteiger partial charge in [0.25, 0.3) is 0 Å². The van der Waals surface area contributed by atoms with Gasteiger partial charge in [-0.1, -0.05) is 0 Å². The molecule has 0 aromatic carbocycles. The zero-order valence-corrected chi connectivity index (χ0v) is 5.84. The first-order valence-electron chi connectivity index (χ1n) is 3.82. The maximum absolute atomic E-state index is 11.1. The Labute approximate surface area is 60.2 Å². The molecular weight excluding hydrogens is 128 g/mol. The molecule has 2 fully saturated rings. The molecule has 0 saturated carbocycles. The predicted octanol–water partition coefficient (Wildman–Crippen LogP) is -0.501. The number of nitrogens with zero attached hydrogens (tertiary/aromatic N) is 1. The van der Waals surface area contributed by atoms with E-state index in [0.717, 1.165) is 25.9 Å². The smallest absolute Gasteiger partial charge is 0.239 e. The minimum absolute atomic E-state index is 0.00810. The topological polar surface area (TPSA) is 43.2 Å². The summed E-state index contributed by atoms with van der Waals surface area (Å²) in [5, 5.41) is 7.05. The molecule has 2 unspecified atom stereocenters. The average molecular weight is 139 g/mol. The third-order valence-electron chi connectivity index (χ3n) is 2.36. The van der Waals surface area contributed by atoms with Crippen LogP contribution in [-0.2, 0) is 4.79 Å². The molecule has 0 spiro atoms. The molecule has 0 aromatic rings. The van der Waals surface area contributed by atoms with Gasteiger partial charge in [-0.3, -0.25) is 4.79 Å². The van der Waals surface area contributed by atoms with Gasteiger partial charge in [-0.15, -0.1) is 0 Å². The van der Waals surface area contributed by atoms with Crippen LogP contribution >= 0.6 is 0 Å². The number of carbonyl (C=O) groups excluding carboxylic acids is 1. The molecule has 2 heterocycles. The summed E-state index contributed by atoms with van der Waals surface area (Å²) in [6, 6.07) is 0.00810. The van der Waals surface area contributed by atoms with E-state index in [1.54, 1.807) is 0 Å². The highest BCUT2D eigenvalue weighted by Crippen LogP contribution is 2.22. The van der Waals surface area contributed by atoms with Gasteiger partial charge in [-0.25, -0.2) is 5.32 Å². The van der Waals surface area contributed by atoms with Crippen LogP contribution in [0.2, 0.25) is 0 Å². The van der Waals surface area contributed by atoms with Crippen LogP contribution < -0.4 is 10.6 Å². The fraction of sp³-hybridized carbons (Fsp3) is 0.857. The first-order valence-corrected chi connectivity index (χ1v) is 3.82. The normalized spacial score (nSPS) is 39.0. The van der Waals surface area contributed by atoms with Crippen LogP contribution in [0, 0.1) is 5.92 Å². The third kappa shape index (κ3) is 0.814. The van der Waals surface area contributed by atoms with Gasteiger partial charge in [-0.2, -0.15) is 0 Å². The van der Waals surface area contributed by atoms with E-state index in [9.17, 15) is 4.79 Å². The summed E-state index contributed by atoms with van der Waals surface area (Å²) >= 11 is 0. The van der Waals surface area contributed by atoms with Crippen molar-refractivity contribution in [3.8, 4) is 0 Å². The van der Waals surface area contributed by atoms with Crippen molar-refractivity contribution in [3.05, 3.63) is 0 Å². The minimum Gasteiger partial charge on any atom is -0.355 e. The number of nitrogens with one attached hydrogen (secondary N) is 1. The highest BCUT2D eigenvalue weighted by molar-refractivity contribution is 5.83. The third-order valence-corrected chi connectivity index (χ3v) is 2.36. The minimum atomic E-state index is 0.00810. The molecule has 3 heteroatoms. The van der Waals surface area contributed by atoms with Crippen molar-refractivity contribution < 1.29 is 4.79 Å². The lowest BCUT2D eigenvalue weighted by molar-refractivity contribution is -0.125. The van der Waals surface area contributed by atoms with Crippen LogP contribution in [0.15, 0.2) is 0 Å². The standard InChI is InChI=1S/C7H11N2O/c10-7-6-5(1-3-8-6)2-4-9-7/h5-6H,1-4H2,(H,9,10). The number of carbonyl (C=O) groups is 1. The zero-order valence-electron chi connectivity index (χ0n) is 5.84. The molecule has 3 nitrogen and oxygen atoms in total. The monoisotopic (exact) mass is 139 g/mol. The quantitative estimate of drug-likeness (QED) is 0.483. The molecule has 2 aliphatic heterocycles. The van der Waals surface area contributed by atoms with Gasteiger partial charge in [0, 0.05) is 13.1 Å². The number of piperidine rings is 1. The van der Waals surface area contributed by atoms with Crippen LogP contribution in [0.5, 0.6) is 0 Å². The maximum atomic E-state index is 11.1. The van der Waals surface area contributed by atoms with E-state index < -0.39 is 0 Å². The van der Waals surface area contributed by atoms with Crippen LogP contribution in [0.3, 0.4) is 0 Å². The van der Waals surface area contributed by atoms with Crippen LogP contribution in [-0.4, -0.2) is 25.0 Å². The maximum Gasteiger partial charge on any atom is 0.239 e. The van der Waals surface area contributed by atoms with E-state index in [-0.39, 0.29) is 11.9 Å². The predicted molar refractivity (Wildman–Crippen MR) is 36.5 cm³/mol. The second-order valence-electron chi connectivity index (χ2n) is 2.98. The molecule has 2 rings (SSSR count). The SMILES string of the molecule is O=C1NCCC2CC[N]C12. The highest BCUT2D eigenvalue weighted by atomic mass is 16.2. The van der Waals surface area contributed by atoms with Gasteiger partial charge in [0.05, 0.1) is 0 Å². The van der Waals surface area contributed by atoms with Gasteiger partial charge < -0.3 is 5.32 Å². The van der Waals surface area contributed by atoms with Gasteiger partial charge in [0.15, 0.2) is 0 Å². The van der Waals surface area contributed by atoms with E-state index in [1.165, 1.54) is 0 Å². The molecule has 2 saturated heterocycles. The van der Waals surface area contributed by atoms with Crippen molar-refractivity contribution in [1.29, 1.82) is 0 Å². The van der Waals surface area contributed by atoms with Crippen LogP contribution in [0.1, 0.15) is 12.8 Å². The Morgan fingerprint density at radius 2 is 2.40 bits per heavy atom. The Balaban J connectivity index is 2.10. The van der Waals surface area contributed by atoms with E-state index >= 15 is 0 Å². The molecule has 0 aliphatic carbocycles. The lowest BCUT2D eigenvalue weighted by atomic mass is 9.93. The van der Waals surface area contributed by atoms with Crippen LogP contribution in [0.25, 0.3) is 0 Å². The lowest BCUT2D eigenvalue weighted by Crippen LogP contribution is -2.46.